The van der Waals surface area contributed by atoms with Crippen molar-refractivity contribution in [1.29, 1.82) is 0 Å². The smallest absolute Gasteiger partial charge is 0.166 e. The quantitative estimate of drug-likeness (QED) is 0.675. The Hall–Kier alpha value is -1.51. The first-order valence-electron chi connectivity index (χ1n) is 5.36. The van der Waals surface area contributed by atoms with Gasteiger partial charge >= 0.3 is 6.18 Å². The molecule has 89 valence electrons. The van der Waals surface area contributed by atoms with Crippen molar-refractivity contribution in [3.8, 4) is 0 Å². The largest absolute Gasteiger partial charge is 0.416 e. The van der Waals surface area contributed by atoms with E-state index < -0.39 is 11.7 Å². The van der Waals surface area contributed by atoms with E-state index in [0.717, 1.165) is 11.1 Å². The summed E-state index contributed by atoms with van der Waals surface area (Å²) in [5.41, 5.74) is 1.96. The minimum absolute atomic E-state index is 0.328. The molecule has 0 fully saturated rings. The molecule has 0 bridgehead atoms. The minimum Gasteiger partial charge on any atom is -0.166 e. The molecule has 0 unspecified atom stereocenters. The summed E-state index contributed by atoms with van der Waals surface area (Å²) in [7, 11) is 0. The second-order valence-electron chi connectivity index (χ2n) is 4.07. The summed E-state index contributed by atoms with van der Waals surface area (Å²) in [6.45, 7) is 1.92. The summed E-state index contributed by atoms with van der Waals surface area (Å²) in [4.78, 5) is 0. The maximum absolute atomic E-state index is 12.6. The highest BCUT2D eigenvalue weighted by Crippen LogP contribution is 2.34. The van der Waals surface area contributed by atoms with Crippen LogP contribution in [0.2, 0.25) is 0 Å². The van der Waals surface area contributed by atoms with Crippen LogP contribution in [-0.2, 0) is 0 Å². The SMILES string of the molecule is Cc1cccc(C2=CC(C(F)(F)F)=CC[CH]2)c1. The Morgan fingerprint density at radius 2 is 1.94 bits per heavy atom. The number of hydrogen-bond donors (Lipinski definition) is 0. The fourth-order valence-corrected chi connectivity index (χ4v) is 1.82. The number of benzene rings is 1. The van der Waals surface area contributed by atoms with Crippen molar-refractivity contribution >= 4 is 5.57 Å². The standard InChI is InChI=1S/C14H12F3/c1-10-4-2-5-11(8-10)12-6-3-7-13(9-12)14(15,16)17/h2,4-9H,3H2,1H3. The molecule has 2 rings (SSSR count). The van der Waals surface area contributed by atoms with E-state index in [-0.39, 0.29) is 0 Å². The molecule has 0 atom stereocenters. The summed E-state index contributed by atoms with van der Waals surface area (Å²) in [5.74, 6) is 0. The molecule has 0 aromatic heterocycles. The van der Waals surface area contributed by atoms with Crippen LogP contribution in [0.5, 0.6) is 0 Å². The van der Waals surface area contributed by atoms with Crippen molar-refractivity contribution in [3.05, 3.63) is 59.5 Å². The second kappa shape index (κ2) is 4.40. The Bertz CT molecular complexity index is 478. The normalized spacial score (nSPS) is 16.5. The van der Waals surface area contributed by atoms with E-state index in [9.17, 15) is 13.2 Å². The molecule has 1 radical (unpaired) electrons. The number of hydrogen-bond acceptors (Lipinski definition) is 0. The third-order valence-corrected chi connectivity index (χ3v) is 2.67. The molecular formula is C14H12F3. The molecule has 1 aliphatic rings. The summed E-state index contributed by atoms with van der Waals surface area (Å²) in [5, 5.41) is 0. The zero-order valence-corrected chi connectivity index (χ0v) is 9.38. The molecular weight excluding hydrogens is 225 g/mol. The Morgan fingerprint density at radius 1 is 1.18 bits per heavy atom. The van der Waals surface area contributed by atoms with Gasteiger partial charge in [-0.3, -0.25) is 0 Å². The number of alkyl halides is 3. The molecule has 17 heavy (non-hydrogen) atoms. The van der Waals surface area contributed by atoms with E-state index in [0.29, 0.717) is 12.0 Å². The Morgan fingerprint density at radius 3 is 2.59 bits per heavy atom. The first-order chi connectivity index (χ1) is 7.97. The number of rotatable bonds is 1. The molecule has 0 heterocycles. The van der Waals surface area contributed by atoms with Gasteiger partial charge in [0.2, 0.25) is 0 Å². The van der Waals surface area contributed by atoms with Crippen LogP contribution in [0.4, 0.5) is 13.2 Å². The lowest BCUT2D eigenvalue weighted by atomic mass is 9.93. The van der Waals surface area contributed by atoms with Gasteiger partial charge in [0.05, 0.1) is 5.57 Å². The molecule has 0 N–H and O–H groups in total. The fourth-order valence-electron chi connectivity index (χ4n) is 1.82. The lowest BCUT2D eigenvalue weighted by Crippen LogP contribution is -2.12. The number of aryl methyl sites for hydroxylation is 1. The monoisotopic (exact) mass is 237 g/mol. The van der Waals surface area contributed by atoms with Crippen molar-refractivity contribution < 1.29 is 13.2 Å². The van der Waals surface area contributed by atoms with Gasteiger partial charge in [-0.15, -0.1) is 0 Å². The number of halogens is 3. The summed E-state index contributed by atoms with van der Waals surface area (Å²) < 4.78 is 37.7. The maximum Gasteiger partial charge on any atom is 0.416 e. The first kappa shape index (κ1) is 12.0. The first-order valence-corrected chi connectivity index (χ1v) is 5.36. The fraction of sp³-hybridized carbons (Fsp3) is 0.214. The topological polar surface area (TPSA) is 0 Å². The Kier molecular flexibility index (Phi) is 3.09. The van der Waals surface area contributed by atoms with Crippen LogP contribution < -0.4 is 0 Å². The highest BCUT2D eigenvalue weighted by Gasteiger charge is 2.33. The summed E-state index contributed by atoms with van der Waals surface area (Å²) >= 11 is 0. The van der Waals surface area contributed by atoms with Crippen LogP contribution in [0.1, 0.15) is 17.5 Å². The van der Waals surface area contributed by atoms with Crippen LogP contribution in [0.15, 0.2) is 42.0 Å². The van der Waals surface area contributed by atoms with Gasteiger partial charge in [0, 0.05) is 0 Å². The predicted octanol–water partition coefficient (Wildman–Crippen LogP) is 4.48. The Balaban J connectivity index is 2.35. The van der Waals surface area contributed by atoms with Crippen molar-refractivity contribution in [1.82, 2.24) is 0 Å². The van der Waals surface area contributed by atoms with Crippen molar-refractivity contribution in [2.75, 3.05) is 0 Å². The van der Waals surface area contributed by atoms with E-state index >= 15 is 0 Å². The summed E-state index contributed by atoms with van der Waals surface area (Å²) in [6.07, 6.45) is 0.291. The molecule has 0 spiro atoms. The van der Waals surface area contributed by atoms with E-state index in [1.54, 1.807) is 0 Å². The van der Waals surface area contributed by atoms with Crippen LogP contribution in [0.25, 0.3) is 5.57 Å². The third-order valence-electron chi connectivity index (χ3n) is 2.67. The maximum atomic E-state index is 12.6. The van der Waals surface area contributed by atoms with Crippen LogP contribution >= 0.6 is 0 Å². The van der Waals surface area contributed by atoms with E-state index in [2.05, 4.69) is 0 Å². The van der Waals surface area contributed by atoms with Crippen LogP contribution in [-0.4, -0.2) is 6.18 Å². The molecule has 3 heteroatoms. The van der Waals surface area contributed by atoms with Gasteiger partial charge in [-0.1, -0.05) is 35.9 Å². The predicted molar refractivity (Wildman–Crippen MR) is 62.2 cm³/mol. The van der Waals surface area contributed by atoms with Crippen molar-refractivity contribution in [2.24, 2.45) is 0 Å². The highest BCUT2D eigenvalue weighted by atomic mass is 19.4. The van der Waals surface area contributed by atoms with Crippen molar-refractivity contribution in [3.63, 3.8) is 0 Å². The van der Waals surface area contributed by atoms with Gasteiger partial charge in [-0.2, -0.15) is 13.2 Å². The van der Waals surface area contributed by atoms with Gasteiger partial charge in [0.1, 0.15) is 0 Å². The van der Waals surface area contributed by atoms with Crippen LogP contribution in [0, 0.1) is 13.3 Å². The van der Waals surface area contributed by atoms with Crippen molar-refractivity contribution in [2.45, 2.75) is 19.5 Å². The molecule has 0 saturated heterocycles. The van der Waals surface area contributed by atoms with Gasteiger partial charge in [0.15, 0.2) is 0 Å². The van der Waals surface area contributed by atoms with Crippen LogP contribution in [0.3, 0.4) is 0 Å². The molecule has 0 aliphatic heterocycles. The highest BCUT2D eigenvalue weighted by molar-refractivity contribution is 5.76. The van der Waals surface area contributed by atoms with Gasteiger partial charge in [-0.05, 0) is 37.0 Å². The average molecular weight is 237 g/mol. The van der Waals surface area contributed by atoms with E-state index in [4.69, 9.17) is 0 Å². The van der Waals surface area contributed by atoms with Gasteiger partial charge < -0.3 is 0 Å². The molecule has 0 nitrogen and oxygen atoms in total. The van der Waals surface area contributed by atoms with Gasteiger partial charge in [0.25, 0.3) is 0 Å². The molecule has 1 aromatic carbocycles. The zero-order chi connectivity index (χ0) is 12.5. The molecule has 1 aliphatic carbocycles. The van der Waals surface area contributed by atoms with E-state index in [1.165, 1.54) is 12.2 Å². The van der Waals surface area contributed by atoms with E-state index in [1.807, 2.05) is 37.6 Å². The second-order valence-corrected chi connectivity index (χ2v) is 4.07. The zero-order valence-electron chi connectivity index (χ0n) is 9.38. The molecule has 0 saturated carbocycles. The Labute approximate surface area is 98.5 Å². The third kappa shape index (κ3) is 2.78. The number of allylic oxidation sites excluding steroid dienone is 4. The molecule has 0 amide bonds. The van der Waals surface area contributed by atoms with Gasteiger partial charge in [-0.25, -0.2) is 0 Å². The molecule has 1 aromatic rings. The average Bonchev–Trinajstić information content (AvgIpc) is 2.28. The lowest BCUT2D eigenvalue weighted by molar-refractivity contribution is -0.0884. The lowest BCUT2D eigenvalue weighted by Gasteiger charge is -2.16. The minimum atomic E-state index is -4.26. The summed E-state index contributed by atoms with van der Waals surface area (Å²) in [6, 6.07) is 7.49.